The number of carbonyl (C=O) groups excluding carboxylic acids is 2. The van der Waals surface area contributed by atoms with Crippen LogP contribution in [-0.2, 0) is 16.0 Å². The predicted octanol–water partition coefficient (Wildman–Crippen LogP) is 1.39. The third kappa shape index (κ3) is 2.64. The first-order chi connectivity index (χ1) is 8.20. The molecule has 1 aromatic rings. The van der Waals surface area contributed by atoms with Gasteiger partial charge in [0.15, 0.2) is 0 Å². The molecule has 0 radical (unpaired) electrons. The molecule has 2 rings (SSSR count). The first kappa shape index (κ1) is 11.6. The van der Waals surface area contributed by atoms with Gasteiger partial charge in [-0.05, 0) is 24.1 Å². The Bertz CT molecular complexity index is 409. The summed E-state index contributed by atoms with van der Waals surface area (Å²) in [4.78, 5) is 24.1. The van der Waals surface area contributed by atoms with E-state index in [9.17, 15) is 9.59 Å². The van der Waals surface area contributed by atoms with Crippen molar-refractivity contribution in [3.05, 3.63) is 29.8 Å². The lowest BCUT2D eigenvalue weighted by molar-refractivity contribution is -0.138. The fourth-order valence-corrected chi connectivity index (χ4v) is 1.91. The molecule has 1 heterocycles. The molecule has 0 bridgehead atoms. The smallest absolute Gasteiger partial charge is 0.229 e. The lowest BCUT2D eigenvalue weighted by Crippen LogP contribution is -2.31. The van der Waals surface area contributed by atoms with Gasteiger partial charge >= 0.3 is 0 Å². The van der Waals surface area contributed by atoms with Crippen LogP contribution < -0.4 is 4.74 Å². The molecular formula is C13H15NO3. The van der Waals surface area contributed by atoms with Gasteiger partial charge in [0, 0.05) is 19.4 Å². The van der Waals surface area contributed by atoms with Gasteiger partial charge in [-0.3, -0.25) is 14.5 Å². The number of ether oxygens (including phenoxy) is 1. The van der Waals surface area contributed by atoms with Crippen molar-refractivity contribution in [3.63, 3.8) is 0 Å². The number of imide groups is 1. The van der Waals surface area contributed by atoms with Crippen molar-refractivity contribution in [2.45, 2.75) is 19.3 Å². The van der Waals surface area contributed by atoms with Gasteiger partial charge in [0.25, 0.3) is 0 Å². The third-order valence-electron chi connectivity index (χ3n) is 2.94. The monoisotopic (exact) mass is 233 g/mol. The first-order valence-corrected chi connectivity index (χ1v) is 5.67. The van der Waals surface area contributed by atoms with E-state index >= 15 is 0 Å². The summed E-state index contributed by atoms with van der Waals surface area (Å²) < 4.78 is 5.06. The summed E-state index contributed by atoms with van der Waals surface area (Å²) >= 11 is 0. The summed E-state index contributed by atoms with van der Waals surface area (Å²) in [5.41, 5.74) is 1.10. The normalized spacial score (nSPS) is 15.5. The zero-order chi connectivity index (χ0) is 12.3. The molecule has 0 atom stereocenters. The van der Waals surface area contributed by atoms with Crippen molar-refractivity contribution < 1.29 is 14.3 Å². The number of benzene rings is 1. The number of hydrogen-bond donors (Lipinski definition) is 0. The number of methoxy groups -OCH3 is 1. The maximum atomic E-state index is 11.4. The minimum Gasteiger partial charge on any atom is -0.497 e. The van der Waals surface area contributed by atoms with Crippen molar-refractivity contribution in [2.24, 2.45) is 0 Å². The zero-order valence-electron chi connectivity index (χ0n) is 9.81. The molecule has 0 aromatic heterocycles. The highest BCUT2D eigenvalue weighted by molar-refractivity contribution is 6.01. The fraction of sp³-hybridized carbons (Fsp3) is 0.385. The predicted molar refractivity (Wildman–Crippen MR) is 62.7 cm³/mol. The Labute approximate surface area is 100 Å². The van der Waals surface area contributed by atoms with Crippen molar-refractivity contribution in [1.29, 1.82) is 0 Å². The van der Waals surface area contributed by atoms with Crippen molar-refractivity contribution in [3.8, 4) is 5.75 Å². The summed E-state index contributed by atoms with van der Waals surface area (Å²) in [6, 6.07) is 7.65. The molecule has 1 fully saturated rings. The summed E-state index contributed by atoms with van der Waals surface area (Å²) in [5, 5.41) is 0. The van der Waals surface area contributed by atoms with Gasteiger partial charge in [0.05, 0.1) is 7.11 Å². The van der Waals surface area contributed by atoms with Gasteiger partial charge in [-0.25, -0.2) is 0 Å². The Morgan fingerprint density at radius 2 is 1.71 bits per heavy atom. The van der Waals surface area contributed by atoms with Gasteiger partial charge in [0.2, 0.25) is 11.8 Å². The summed E-state index contributed by atoms with van der Waals surface area (Å²) in [6.07, 6.45) is 1.42. The second-order valence-corrected chi connectivity index (χ2v) is 4.04. The molecule has 0 aliphatic carbocycles. The van der Waals surface area contributed by atoms with E-state index in [0.29, 0.717) is 25.8 Å². The van der Waals surface area contributed by atoms with Crippen LogP contribution in [0, 0.1) is 0 Å². The van der Waals surface area contributed by atoms with E-state index < -0.39 is 0 Å². The van der Waals surface area contributed by atoms with Gasteiger partial charge in [-0.2, -0.15) is 0 Å². The molecule has 0 saturated carbocycles. The Morgan fingerprint density at radius 3 is 2.24 bits per heavy atom. The van der Waals surface area contributed by atoms with Gasteiger partial charge in [-0.15, -0.1) is 0 Å². The van der Waals surface area contributed by atoms with Crippen LogP contribution >= 0.6 is 0 Å². The van der Waals surface area contributed by atoms with Crippen LogP contribution in [0.25, 0.3) is 0 Å². The minimum atomic E-state index is -0.0523. The number of amides is 2. The molecule has 90 valence electrons. The van der Waals surface area contributed by atoms with E-state index in [-0.39, 0.29) is 11.8 Å². The molecule has 0 N–H and O–H groups in total. The molecule has 4 heteroatoms. The van der Waals surface area contributed by atoms with Gasteiger partial charge in [-0.1, -0.05) is 12.1 Å². The maximum Gasteiger partial charge on any atom is 0.229 e. The van der Waals surface area contributed by atoms with E-state index in [0.717, 1.165) is 11.3 Å². The van der Waals surface area contributed by atoms with Crippen LogP contribution in [0.15, 0.2) is 24.3 Å². The van der Waals surface area contributed by atoms with E-state index in [1.54, 1.807) is 7.11 Å². The highest BCUT2D eigenvalue weighted by Gasteiger charge is 2.27. The van der Waals surface area contributed by atoms with E-state index in [1.807, 2.05) is 24.3 Å². The molecule has 17 heavy (non-hydrogen) atoms. The lowest BCUT2D eigenvalue weighted by atomic mass is 10.1. The quantitative estimate of drug-likeness (QED) is 0.738. The largest absolute Gasteiger partial charge is 0.497 e. The van der Waals surface area contributed by atoms with Crippen molar-refractivity contribution in [1.82, 2.24) is 4.90 Å². The Kier molecular flexibility index (Phi) is 3.42. The molecule has 1 aromatic carbocycles. The molecule has 1 aliphatic heterocycles. The Balaban J connectivity index is 1.93. The lowest BCUT2D eigenvalue weighted by Gasteiger charge is -2.13. The zero-order valence-corrected chi connectivity index (χ0v) is 9.81. The van der Waals surface area contributed by atoms with Crippen LogP contribution in [0.3, 0.4) is 0 Å². The maximum absolute atomic E-state index is 11.4. The van der Waals surface area contributed by atoms with Crippen molar-refractivity contribution >= 4 is 11.8 Å². The summed E-state index contributed by atoms with van der Waals surface area (Å²) in [6.45, 7) is 0.476. The van der Waals surface area contributed by atoms with E-state index in [1.165, 1.54) is 4.90 Å². The first-order valence-electron chi connectivity index (χ1n) is 5.67. The molecule has 0 unspecified atom stereocenters. The molecule has 2 amide bonds. The minimum absolute atomic E-state index is 0.0523. The fourth-order valence-electron chi connectivity index (χ4n) is 1.91. The highest BCUT2D eigenvalue weighted by atomic mass is 16.5. The van der Waals surface area contributed by atoms with Crippen molar-refractivity contribution in [2.75, 3.05) is 13.7 Å². The summed E-state index contributed by atoms with van der Waals surface area (Å²) in [5.74, 6) is 0.703. The number of rotatable bonds is 4. The molecule has 1 aliphatic rings. The second kappa shape index (κ2) is 4.99. The van der Waals surface area contributed by atoms with Crippen LogP contribution in [0.4, 0.5) is 0 Å². The number of carbonyl (C=O) groups is 2. The average Bonchev–Trinajstić information content (AvgIpc) is 2.67. The van der Waals surface area contributed by atoms with Crippen LogP contribution in [0.5, 0.6) is 5.75 Å². The highest BCUT2D eigenvalue weighted by Crippen LogP contribution is 2.15. The number of likely N-dealkylation sites (tertiary alicyclic amines) is 1. The van der Waals surface area contributed by atoms with Crippen LogP contribution in [0.1, 0.15) is 18.4 Å². The average molecular weight is 233 g/mol. The number of nitrogens with zero attached hydrogens (tertiary/aromatic N) is 1. The molecule has 4 nitrogen and oxygen atoms in total. The topological polar surface area (TPSA) is 46.6 Å². The molecule has 1 saturated heterocycles. The third-order valence-corrected chi connectivity index (χ3v) is 2.94. The van der Waals surface area contributed by atoms with Crippen LogP contribution in [0.2, 0.25) is 0 Å². The van der Waals surface area contributed by atoms with Gasteiger partial charge in [0.1, 0.15) is 5.75 Å². The standard InChI is InChI=1S/C13H15NO3/c1-17-11-4-2-10(3-5-11)8-9-14-12(15)6-7-13(14)16/h2-5H,6-9H2,1H3. The van der Waals surface area contributed by atoms with E-state index in [4.69, 9.17) is 4.74 Å². The summed E-state index contributed by atoms with van der Waals surface area (Å²) in [7, 11) is 1.62. The van der Waals surface area contributed by atoms with Crippen LogP contribution in [-0.4, -0.2) is 30.4 Å². The molecule has 0 spiro atoms. The van der Waals surface area contributed by atoms with Gasteiger partial charge < -0.3 is 4.74 Å². The Hall–Kier alpha value is -1.84. The SMILES string of the molecule is COc1ccc(CCN2C(=O)CCC2=O)cc1. The number of hydrogen-bond acceptors (Lipinski definition) is 3. The Morgan fingerprint density at radius 1 is 1.12 bits per heavy atom. The second-order valence-electron chi connectivity index (χ2n) is 4.04. The van der Waals surface area contributed by atoms with E-state index in [2.05, 4.69) is 0 Å². The molecular weight excluding hydrogens is 218 g/mol.